The molecule has 1 aromatic heterocycles. The third-order valence-electron chi connectivity index (χ3n) is 4.35. The molecule has 0 aliphatic carbocycles. The normalized spacial score (nSPS) is 13.3. The summed E-state index contributed by atoms with van der Waals surface area (Å²) in [5, 5.41) is 19.0. The number of hydrogen-bond donors (Lipinski definition) is 3. The fourth-order valence-corrected chi connectivity index (χ4v) is 2.89. The van der Waals surface area contributed by atoms with Crippen LogP contribution in [0.4, 0.5) is 5.82 Å². The van der Waals surface area contributed by atoms with Gasteiger partial charge in [-0.2, -0.15) is 5.10 Å². The first-order chi connectivity index (χ1) is 14.0. The third-order valence-corrected chi connectivity index (χ3v) is 4.35. The second-order valence-corrected chi connectivity index (χ2v) is 6.48. The van der Waals surface area contributed by atoms with Gasteiger partial charge in [-0.3, -0.25) is 14.7 Å². The van der Waals surface area contributed by atoms with E-state index in [9.17, 15) is 14.7 Å². The predicted octanol–water partition coefficient (Wildman–Crippen LogP) is 2.62. The summed E-state index contributed by atoms with van der Waals surface area (Å²) in [5.74, 6) is 0.837. The van der Waals surface area contributed by atoms with E-state index < -0.39 is 5.91 Å². The van der Waals surface area contributed by atoms with E-state index in [2.05, 4.69) is 15.5 Å². The Morgan fingerprint density at radius 3 is 2.90 bits per heavy atom. The maximum absolute atomic E-state index is 12.4. The van der Waals surface area contributed by atoms with Crippen LogP contribution in [0, 0.1) is 0 Å². The predicted molar refractivity (Wildman–Crippen MR) is 104 cm³/mol. The summed E-state index contributed by atoms with van der Waals surface area (Å²) >= 11 is 0. The van der Waals surface area contributed by atoms with Crippen LogP contribution in [-0.4, -0.2) is 52.2 Å². The third kappa shape index (κ3) is 3.98. The largest absolute Gasteiger partial charge is 0.508 e. The number of amides is 2. The summed E-state index contributed by atoms with van der Waals surface area (Å²) in [6, 6.07) is 10.7. The molecule has 0 fully saturated rings. The van der Waals surface area contributed by atoms with Gasteiger partial charge in [0.15, 0.2) is 0 Å². The highest BCUT2D eigenvalue weighted by atomic mass is 16.5. The van der Waals surface area contributed by atoms with Gasteiger partial charge in [-0.15, -0.1) is 0 Å². The molecule has 3 aromatic rings. The molecule has 29 heavy (non-hydrogen) atoms. The lowest BCUT2D eigenvalue weighted by Crippen LogP contribution is -2.27. The number of H-pyrrole nitrogens is 1. The van der Waals surface area contributed by atoms with E-state index in [1.54, 1.807) is 36.2 Å². The molecule has 0 spiro atoms. The Bertz CT molecular complexity index is 1060. The van der Waals surface area contributed by atoms with E-state index in [1.165, 1.54) is 24.4 Å². The van der Waals surface area contributed by atoms with Crippen LogP contribution >= 0.6 is 0 Å². The van der Waals surface area contributed by atoms with Gasteiger partial charge < -0.3 is 24.8 Å². The van der Waals surface area contributed by atoms with Gasteiger partial charge in [-0.25, -0.2) is 0 Å². The van der Waals surface area contributed by atoms with Gasteiger partial charge in [0.1, 0.15) is 35.4 Å². The Hall–Kier alpha value is -4.01. The number of phenols is 1. The highest BCUT2D eigenvalue weighted by Gasteiger charge is 2.21. The van der Waals surface area contributed by atoms with Crippen molar-refractivity contribution in [1.82, 2.24) is 15.1 Å². The van der Waals surface area contributed by atoms with Crippen LogP contribution in [0.5, 0.6) is 23.0 Å². The van der Waals surface area contributed by atoms with Gasteiger partial charge in [0, 0.05) is 30.8 Å². The number of rotatable bonds is 4. The molecule has 3 N–H and O–H groups in total. The summed E-state index contributed by atoms with van der Waals surface area (Å²) < 4.78 is 11.4. The number of aromatic amines is 1. The van der Waals surface area contributed by atoms with Crippen molar-refractivity contribution in [3.05, 3.63) is 59.8 Å². The smallest absolute Gasteiger partial charge is 0.257 e. The molecular weight excluding hydrogens is 376 g/mol. The summed E-state index contributed by atoms with van der Waals surface area (Å²) in [6.45, 7) is 0.869. The van der Waals surface area contributed by atoms with Gasteiger partial charge in [-0.1, -0.05) is 0 Å². The Morgan fingerprint density at radius 1 is 1.24 bits per heavy atom. The maximum atomic E-state index is 12.4. The lowest BCUT2D eigenvalue weighted by Gasteiger charge is -2.13. The molecule has 9 heteroatoms. The number of hydrogen-bond acceptors (Lipinski definition) is 6. The first kappa shape index (κ1) is 18.4. The van der Waals surface area contributed by atoms with Crippen LogP contribution in [0.25, 0.3) is 0 Å². The fourth-order valence-electron chi connectivity index (χ4n) is 2.89. The molecule has 1 aliphatic heterocycles. The zero-order valence-electron chi connectivity index (χ0n) is 15.5. The van der Waals surface area contributed by atoms with E-state index in [4.69, 9.17) is 9.47 Å². The van der Waals surface area contributed by atoms with E-state index in [-0.39, 0.29) is 23.0 Å². The van der Waals surface area contributed by atoms with Gasteiger partial charge >= 0.3 is 0 Å². The summed E-state index contributed by atoms with van der Waals surface area (Å²) in [4.78, 5) is 26.3. The molecule has 0 bridgehead atoms. The minimum Gasteiger partial charge on any atom is -0.508 e. The number of benzene rings is 2. The van der Waals surface area contributed by atoms with Crippen LogP contribution < -0.4 is 14.8 Å². The highest BCUT2D eigenvalue weighted by Crippen LogP contribution is 2.32. The van der Waals surface area contributed by atoms with Crippen LogP contribution in [0.2, 0.25) is 0 Å². The van der Waals surface area contributed by atoms with Crippen molar-refractivity contribution >= 4 is 17.6 Å². The Balaban J connectivity index is 1.57. The van der Waals surface area contributed by atoms with E-state index in [1.807, 2.05) is 0 Å². The van der Waals surface area contributed by atoms with Crippen molar-refractivity contribution in [3.8, 4) is 23.0 Å². The van der Waals surface area contributed by atoms with Crippen LogP contribution in [-0.2, 0) is 0 Å². The van der Waals surface area contributed by atoms with Crippen molar-refractivity contribution in [2.75, 3.05) is 25.5 Å². The molecule has 0 saturated heterocycles. The van der Waals surface area contributed by atoms with Crippen molar-refractivity contribution in [2.24, 2.45) is 0 Å². The number of aromatic hydroxyl groups is 1. The number of aromatic nitrogens is 2. The minimum absolute atomic E-state index is 0.125. The molecular formula is C20H18N4O5. The molecule has 4 rings (SSSR count). The second-order valence-electron chi connectivity index (χ2n) is 6.48. The summed E-state index contributed by atoms with van der Waals surface area (Å²) in [7, 11) is 1.72. The molecule has 0 saturated carbocycles. The number of nitrogens with zero attached hydrogens (tertiary/aromatic N) is 2. The van der Waals surface area contributed by atoms with Crippen LogP contribution in [0.1, 0.15) is 20.7 Å². The topological polar surface area (TPSA) is 117 Å². The average Bonchev–Trinajstić information content (AvgIpc) is 3.15. The van der Waals surface area contributed by atoms with E-state index in [0.29, 0.717) is 36.0 Å². The van der Waals surface area contributed by atoms with Gasteiger partial charge in [-0.05, 0) is 24.3 Å². The minimum atomic E-state index is -0.436. The Kier molecular flexibility index (Phi) is 4.78. The molecule has 2 amide bonds. The molecule has 0 unspecified atom stereocenters. The maximum Gasteiger partial charge on any atom is 0.257 e. The fraction of sp³-hybridized carbons (Fsp3) is 0.150. The second kappa shape index (κ2) is 7.55. The number of carbonyl (C=O) groups is 2. The highest BCUT2D eigenvalue weighted by molar-refractivity contribution is 6.04. The number of anilines is 1. The molecule has 2 aromatic carbocycles. The zero-order valence-corrected chi connectivity index (χ0v) is 15.5. The average molecular weight is 394 g/mol. The van der Waals surface area contributed by atoms with Crippen molar-refractivity contribution in [2.45, 2.75) is 0 Å². The van der Waals surface area contributed by atoms with Gasteiger partial charge in [0.2, 0.25) is 0 Å². The quantitative estimate of drug-likeness (QED) is 0.626. The van der Waals surface area contributed by atoms with Crippen molar-refractivity contribution < 1.29 is 24.2 Å². The van der Waals surface area contributed by atoms with E-state index >= 15 is 0 Å². The van der Waals surface area contributed by atoms with Crippen molar-refractivity contribution in [3.63, 3.8) is 0 Å². The molecule has 1 aliphatic rings. The number of likely N-dealkylation sites (N-methyl/N-ethyl adjacent to an activating group) is 1. The number of phenolic OH excluding ortho intramolecular Hbond substituents is 1. The summed E-state index contributed by atoms with van der Waals surface area (Å²) in [5.41, 5.74) is 0.658. The summed E-state index contributed by atoms with van der Waals surface area (Å²) in [6.07, 6.45) is 1.51. The first-order valence-corrected chi connectivity index (χ1v) is 8.84. The molecule has 148 valence electrons. The standard InChI is InChI=1S/C20H18N4O5/c1-24-6-7-28-17-11-14(2-3-16(17)20(24)27)29-15-9-12(8-13(25)10-15)19(26)22-18-4-5-21-23-18/h2-5,8-11,25H,6-7H2,1H3,(H2,21,22,23,26). The number of ether oxygens (including phenoxy) is 2. The van der Waals surface area contributed by atoms with E-state index in [0.717, 1.165) is 0 Å². The molecule has 0 atom stereocenters. The molecule has 0 radical (unpaired) electrons. The monoisotopic (exact) mass is 394 g/mol. The Morgan fingerprint density at radius 2 is 2.10 bits per heavy atom. The first-order valence-electron chi connectivity index (χ1n) is 8.84. The molecule has 9 nitrogen and oxygen atoms in total. The van der Waals surface area contributed by atoms with Crippen LogP contribution in [0.3, 0.4) is 0 Å². The lowest BCUT2D eigenvalue weighted by atomic mass is 10.1. The lowest BCUT2D eigenvalue weighted by molar-refractivity contribution is 0.0796. The Labute approximate surface area is 165 Å². The number of carbonyl (C=O) groups excluding carboxylic acids is 2. The SMILES string of the molecule is CN1CCOc2cc(Oc3cc(O)cc(C(=O)Nc4ccn[nH]4)c3)ccc2C1=O. The van der Waals surface area contributed by atoms with Crippen molar-refractivity contribution in [1.29, 1.82) is 0 Å². The number of nitrogens with one attached hydrogen (secondary N) is 2. The zero-order chi connectivity index (χ0) is 20.4. The molecule has 2 heterocycles. The number of fused-ring (bicyclic) bond motifs is 1. The van der Waals surface area contributed by atoms with Crippen LogP contribution in [0.15, 0.2) is 48.7 Å². The van der Waals surface area contributed by atoms with Gasteiger partial charge in [0.05, 0.1) is 18.3 Å². The van der Waals surface area contributed by atoms with Gasteiger partial charge in [0.25, 0.3) is 11.8 Å².